The molecule has 3 rings (SSSR count). The van der Waals surface area contributed by atoms with Crippen molar-refractivity contribution in [1.82, 2.24) is 30.5 Å². The molecule has 7 nitrogen and oxygen atoms in total. The van der Waals surface area contributed by atoms with Gasteiger partial charge < -0.3 is 10.3 Å². The number of amides is 1. The van der Waals surface area contributed by atoms with Crippen LogP contribution in [0.5, 0.6) is 0 Å². The zero-order valence-electron chi connectivity index (χ0n) is 11.8. The number of fused-ring (bicyclic) bond motifs is 1. The van der Waals surface area contributed by atoms with Crippen LogP contribution in [0.3, 0.4) is 0 Å². The summed E-state index contributed by atoms with van der Waals surface area (Å²) in [4.78, 5) is 14.8. The Morgan fingerprint density at radius 3 is 3.14 bits per heavy atom. The average Bonchev–Trinajstić information content (AvgIpc) is 3.15. The minimum absolute atomic E-state index is 0.0680. The Labute approximate surface area is 125 Å². The Kier molecular flexibility index (Phi) is 4.08. The second-order valence-corrected chi connectivity index (χ2v) is 4.93. The van der Waals surface area contributed by atoms with Crippen LogP contribution in [0.1, 0.15) is 12.0 Å². The van der Waals surface area contributed by atoms with Gasteiger partial charge in [-0.3, -0.25) is 4.79 Å². The number of hydrogen-bond acceptors (Lipinski definition) is 4. The summed E-state index contributed by atoms with van der Waals surface area (Å²) in [6.07, 6.45) is 4.26. The number of hydrogen-bond donors (Lipinski definition) is 2. The third-order valence-electron chi connectivity index (χ3n) is 3.41. The maximum atomic E-state index is 13.3. The summed E-state index contributed by atoms with van der Waals surface area (Å²) >= 11 is 0. The molecule has 0 saturated carbocycles. The summed E-state index contributed by atoms with van der Waals surface area (Å²) in [7, 11) is 0. The predicted octanol–water partition coefficient (Wildman–Crippen LogP) is 1.04. The van der Waals surface area contributed by atoms with Crippen LogP contribution in [0, 0.1) is 5.82 Å². The highest BCUT2D eigenvalue weighted by molar-refractivity contribution is 5.83. The van der Waals surface area contributed by atoms with Gasteiger partial charge in [0, 0.05) is 30.1 Å². The van der Waals surface area contributed by atoms with Crippen LogP contribution in [0.4, 0.5) is 4.39 Å². The maximum Gasteiger partial charge on any atom is 0.221 e. The van der Waals surface area contributed by atoms with E-state index < -0.39 is 0 Å². The zero-order valence-corrected chi connectivity index (χ0v) is 11.8. The molecule has 1 aromatic carbocycles. The minimum Gasteiger partial charge on any atom is -0.361 e. The predicted molar refractivity (Wildman–Crippen MR) is 77.4 cm³/mol. The van der Waals surface area contributed by atoms with E-state index in [0.717, 1.165) is 16.5 Å². The van der Waals surface area contributed by atoms with Crippen molar-refractivity contribution in [2.45, 2.75) is 19.4 Å². The van der Waals surface area contributed by atoms with E-state index in [9.17, 15) is 9.18 Å². The van der Waals surface area contributed by atoms with Crippen LogP contribution in [0.2, 0.25) is 0 Å². The highest BCUT2D eigenvalue weighted by atomic mass is 19.1. The second kappa shape index (κ2) is 6.33. The van der Waals surface area contributed by atoms with Gasteiger partial charge in [0.15, 0.2) is 0 Å². The highest BCUT2D eigenvalue weighted by Gasteiger charge is 2.06. The van der Waals surface area contributed by atoms with Crippen molar-refractivity contribution in [3.63, 3.8) is 0 Å². The molecule has 22 heavy (non-hydrogen) atoms. The lowest BCUT2D eigenvalue weighted by Crippen LogP contribution is -2.26. The summed E-state index contributed by atoms with van der Waals surface area (Å²) in [5.41, 5.74) is 1.87. The number of halogens is 1. The monoisotopic (exact) mass is 302 g/mol. The van der Waals surface area contributed by atoms with Gasteiger partial charge in [-0.1, -0.05) is 0 Å². The van der Waals surface area contributed by atoms with Crippen molar-refractivity contribution < 1.29 is 9.18 Å². The Morgan fingerprint density at radius 2 is 2.32 bits per heavy atom. The summed E-state index contributed by atoms with van der Waals surface area (Å²) in [6, 6.07) is 4.63. The Morgan fingerprint density at radius 1 is 1.41 bits per heavy atom. The molecule has 0 atom stereocenters. The molecule has 8 heteroatoms. The van der Waals surface area contributed by atoms with Crippen LogP contribution in [0.25, 0.3) is 10.9 Å². The number of benzene rings is 1. The highest BCUT2D eigenvalue weighted by Crippen LogP contribution is 2.19. The third kappa shape index (κ3) is 3.27. The van der Waals surface area contributed by atoms with Gasteiger partial charge >= 0.3 is 0 Å². The molecular formula is C14H15FN6O. The van der Waals surface area contributed by atoms with Gasteiger partial charge in [-0.25, -0.2) is 9.07 Å². The van der Waals surface area contributed by atoms with E-state index in [1.165, 1.54) is 23.1 Å². The van der Waals surface area contributed by atoms with Gasteiger partial charge in [0.05, 0.1) is 6.54 Å². The Bertz CT molecular complexity index is 767. The molecule has 0 unspecified atom stereocenters. The molecule has 0 bridgehead atoms. The number of carbonyl (C=O) groups excluding carboxylic acids is 1. The van der Waals surface area contributed by atoms with Crippen molar-refractivity contribution in [1.29, 1.82) is 0 Å². The van der Waals surface area contributed by atoms with Crippen LogP contribution < -0.4 is 5.32 Å². The van der Waals surface area contributed by atoms with Crippen molar-refractivity contribution in [3.8, 4) is 0 Å². The summed E-state index contributed by atoms with van der Waals surface area (Å²) in [5.74, 6) is -0.333. The van der Waals surface area contributed by atoms with Gasteiger partial charge in [-0.2, -0.15) is 0 Å². The molecule has 2 heterocycles. The molecule has 0 saturated heterocycles. The Hall–Kier alpha value is -2.77. The molecule has 1 amide bonds. The van der Waals surface area contributed by atoms with E-state index in [1.807, 2.05) is 6.20 Å². The first-order valence-corrected chi connectivity index (χ1v) is 6.95. The largest absolute Gasteiger partial charge is 0.361 e. The van der Waals surface area contributed by atoms with E-state index in [2.05, 4.69) is 25.8 Å². The fraction of sp³-hybridized carbons (Fsp3) is 0.286. The first kappa shape index (κ1) is 14.2. The SMILES string of the molecule is O=C(CCn1cnnn1)NCCc1c[nH]c2ccc(F)cc12. The first-order valence-electron chi connectivity index (χ1n) is 6.95. The fourth-order valence-corrected chi connectivity index (χ4v) is 2.28. The van der Waals surface area contributed by atoms with Gasteiger partial charge in [-0.05, 0) is 40.6 Å². The third-order valence-corrected chi connectivity index (χ3v) is 3.41. The van der Waals surface area contributed by atoms with Crippen molar-refractivity contribution in [3.05, 3.63) is 42.1 Å². The lowest BCUT2D eigenvalue weighted by Gasteiger charge is -2.04. The maximum absolute atomic E-state index is 13.3. The molecule has 0 aliphatic carbocycles. The van der Waals surface area contributed by atoms with Gasteiger partial charge in [0.2, 0.25) is 5.91 Å². The number of nitrogens with zero attached hydrogens (tertiary/aromatic N) is 4. The lowest BCUT2D eigenvalue weighted by atomic mass is 10.1. The number of nitrogens with one attached hydrogen (secondary N) is 2. The van der Waals surface area contributed by atoms with E-state index >= 15 is 0 Å². The molecule has 0 spiro atoms. The van der Waals surface area contributed by atoms with E-state index in [-0.39, 0.29) is 11.7 Å². The number of carbonyl (C=O) groups is 1. The quantitative estimate of drug-likeness (QED) is 0.712. The van der Waals surface area contributed by atoms with E-state index in [0.29, 0.717) is 25.9 Å². The van der Waals surface area contributed by atoms with Crippen molar-refractivity contribution >= 4 is 16.8 Å². The van der Waals surface area contributed by atoms with Crippen molar-refractivity contribution in [2.24, 2.45) is 0 Å². The van der Waals surface area contributed by atoms with E-state index in [1.54, 1.807) is 6.07 Å². The van der Waals surface area contributed by atoms with Crippen molar-refractivity contribution in [2.75, 3.05) is 6.54 Å². The number of tetrazole rings is 1. The van der Waals surface area contributed by atoms with Gasteiger partial charge in [0.1, 0.15) is 12.1 Å². The Balaban J connectivity index is 1.49. The van der Waals surface area contributed by atoms with Crippen LogP contribution in [0.15, 0.2) is 30.7 Å². The molecule has 0 aliphatic rings. The molecular weight excluding hydrogens is 287 g/mol. The fourth-order valence-electron chi connectivity index (χ4n) is 2.28. The lowest BCUT2D eigenvalue weighted by molar-refractivity contribution is -0.121. The number of H-pyrrole nitrogens is 1. The number of rotatable bonds is 6. The molecule has 114 valence electrons. The molecule has 0 aliphatic heterocycles. The minimum atomic E-state index is -0.265. The topological polar surface area (TPSA) is 88.5 Å². The van der Waals surface area contributed by atoms with Gasteiger partial charge in [-0.15, -0.1) is 5.10 Å². The standard InChI is InChI=1S/C14H15FN6O/c15-11-1-2-13-12(7-11)10(8-17-13)3-5-16-14(22)4-6-21-9-18-19-20-21/h1-2,7-9,17H,3-6H2,(H,16,22). The van der Waals surface area contributed by atoms with Crippen LogP contribution >= 0.6 is 0 Å². The van der Waals surface area contributed by atoms with Gasteiger partial charge in [0.25, 0.3) is 0 Å². The first-order chi connectivity index (χ1) is 10.7. The molecule has 3 aromatic rings. The smallest absolute Gasteiger partial charge is 0.221 e. The number of aromatic nitrogens is 5. The summed E-state index contributed by atoms with van der Waals surface area (Å²) < 4.78 is 14.8. The molecule has 0 radical (unpaired) electrons. The van der Waals surface area contributed by atoms with Crippen LogP contribution in [-0.2, 0) is 17.8 Å². The molecule has 2 N–H and O–H groups in total. The normalized spacial score (nSPS) is 11.0. The summed E-state index contributed by atoms with van der Waals surface area (Å²) in [6.45, 7) is 0.940. The second-order valence-electron chi connectivity index (χ2n) is 4.93. The average molecular weight is 302 g/mol. The molecule has 2 aromatic heterocycles. The summed E-state index contributed by atoms with van der Waals surface area (Å²) in [5, 5.41) is 14.4. The molecule has 0 fully saturated rings. The number of aromatic amines is 1. The van der Waals surface area contributed by atoms with E-state index in [4.69, 9.17) is 0 Å². The van der Waals surface area contributed by atoms with Crippen LogP contribution in [-0.4, -0.2) is 37.6 Å². The number of aryl methyl sites for hydroxylation is 1. The zero-order chi connectivity index (χ0) is 15.4.